The number of benzene rings is 1. The quantitative estimate of drug-likeness (QED) is 0.822. The van der Waals surface area contributed by atoms with Crippen molar-refractivity contribution in [3.63, 3.8) is 0 Å². The number of nitrogens with one attached hydrogen (secondary N) is 1. The third-order valence-electron chi connectivity index (χ3n) is 2.10. The normalized spacial score (nSPS) is 12.3. The molecular weight excluding hydrogens is 208 g/mol. The number of aromatic nitrogens is 2. The molecule has 15 heavy (non-hydrogen) atoms. The minimum atomic E-state index is 0.0964. The fourth-order valence-corrected chi connectivity index (χ4v) is 1.85. The number of rotatable bonds is 4. The third-order valence-corrected chi connectivity index (χ3v) is 2.72. The smallest absolute Gasteiger partial charge is 0.205 e. The molecule has 1 atom stereocenters. The van der Waals surface area contributed by atoms with Crippen molar-refractivity contribution < 1.29 is 0 Å². The number of nitrogens with two attached hydrogens (primary N) is 1. The second-order valence-electron chi connectivity index (χ2n) is 3.09. The van der Waals surface area contributed by atoms with Gasteiger partial charge in [-0.15, -0.1) is 10.2 Å². The molecule has 0 fully saturated rings. The standard InChI is InChI=1S/C10H12N4S/c11-6-9(8-4-2-1-3-5-8)13-10-14-12-7-15-10/h1-5,7,9H,6,11H2,(H,13,14). The fourth-order valence-electron chi connectivity index (χ4n) is 1.35. The largest absolute Gasteiger partial charge is 0.352 e. The second kappa shape index (κ2) is 4.86. The summed E-state index contributed by atoms with van der Waals surface area (Å²) in [4.78, 5) is 0. The van der Waals surface area contributed by atoms with Crippen LogP contribution in [0.2, 0.25) is 0 Å². The highest BCUT2D eigenvalue weighted by atomic mass is 32.1. The molecule has 0 amide bonds. The molecule has 0 aliphatic rings. The van der Waals surface area contributed by atoms with E-state index in [4.69, 9.17) is 5.73 Å². The Morgan fingerprint density at radius 3 is 2.73 bits per heavy atom. The van der Waals surface area contributed by atoms with Gasteiger partial charge in [0.15, 0.2) is 0 Å². The molecule has 0 saturated carbocycles. The van der Waals surface area contributed by atoms with Crippen molar-refractivity contribution in [2.75, 3.05) is 11.9 Å². The van der Waals surface area contributed by atoms with Gasteiger partial charge in [-0.25, -0.2) is 0 Å². The Bertz CT molecular complexity index is 387. The molecule has 3 N–H and O–H groups in total. The van der Waals surface area contributed by atoms with E-state index in [0.717, 1.165) is 10.7 Å². The van der Waals surface area contributed by atoms with E-state index in [1.54, 1.807) is 5.51 Å². The highest BCUT2D eigenvalue weighted by Gasteiger charge is 2.09. The highest BCUT2D eigenvalue weighted by molar-refractivity contribution is 7.13. The molecule has 78 valence electrons. The van der Waals surface area contributed by atoms with Gasteiger partial charge < -0.3 is 11.1 Å². The van der Waals surface area contributed by atoms with Crippen molar-refractivity contribution in [3.05, 3.63) is 41.4 Å². The molecule has 0 aliphatic carbocycles. The van der Waals surface area contributed by atoms with Gasteiger partial charge in [0, 0.05) is 6.54 Å². The lowest BCUT2D eigenvalue weighted by Crippen LogP contribution is -2.20. The predicted molar refractivity (Wildman–Crippen MR) is 61.8 cm³/mol. The van der Waals surface area contributed by atoms with Crippen LogP contribution in [-0.4, -0.2) is 16.7 Å². The minimum Gasteiger partial charge on any atom is -0.352 e. The van der Waals surface area contributed by atoms with Gasteiger partial charge in [0.1, 0.15) is 5.51 Å². The maximum absolute atomic E-state index is 5.72. The first-order valence-corrected chi connectivity index (χ1v) is 5.56. The van der Waals surface area contributed by atoms with Crippen molar-refractivity contribution in [1.29, 1.82) is 0 Å². The van der Waals surface area contributed by atoms with E-state index in [9.17, 15) is 0 Å². The Balaban J connectivity index is 2.12. The molecule has 0 spiro atoms. The first-order valence-electron chi connectivity index (χ1n) is 4.68. The van der Waals surface area contributed by atoms with Crippen molar-refractivity contribution in [2.24, 2.45) is 5.73 Å². The van der Waals surface area contributed by atoms with Crippen LogP contribution in [0.15, 0.2) is 35.8 Å². The zero-order valence-corrected chi connectivity index (χ0v) is 8.95. The van der Waals surface area contributed by atoms with E-state index in [2.05, 4.69) is 15.5 Å². The van der Waals surface area contributed by atoms with Crippen LogP contribution >= 0.6 is 11.3 Å². The minimum absolute atomic E-state index is 0.0964. The van der Waals surface area contributed by atoms with Gasteiger partial charge in [0.05, 0.1) is 6.04 Å². The summed E-state index contributed by atoms with van der Waals surface area (Å²) < 4.78 is 0. The van der Waals surface area contributed by atoms with Gasteiger partial charge in [-0.3, -0.25) is 0 Å². The molecule has 0 saturated heterocycles. The van der Waals surface area contributed by atoms with E-state index >= 15 is 0 Å². The number of hydrogen-bond acceptors (Lipinski definition) is 5. The van der Waals surface area contributed by atoms with Crippen LogP contribution in [-0.2, 0) is 0 Å². The van der Waals surface area contributed by atoms with Crippen molar-refractivity contribution in [1.82, 2.24) is 10.2 Å². The van der Waals surface area contributed by atoms with Crippen LogP contribution in [0.25, 0.3) is 0 Å². The average Bonchev–Trinajstić information content (AvgIpc) is 2.80. The molecule has 1 heterocycles. The van der Waals surface area contributed by atoms with Crippen molar-refractivity contribution in [2.45, 2.75) is 6.04 Å². The van der Waals surface area contributed by atoms with Gasteiger partial charge in [-0.2, -0.15) is 0 Å². The highest BCUT2D eigenvalue weighted by Crippen LogP contribution is 2.18. The van der Waals surface area contributed by atoms with E-state index in [1.807, 2.05) is 30.3 Å². The number of nitrogens with zero attached hydrogens (tertiary/aromatic N) is 2. The number of hydrogen-bond donors (Lipinski definition) is 2. The zero-order chi connectivity index (χ0) is 10.5. The SMILES string of the molecule is NCC(Nc1nncs1)c1ccccc1. The summed E-state index contributed by atoms with van der Waals surface area (Å²) in [5.41, 5.74) is 8.57. The summed E-state index contributed by atoms with van der Waals surface area (Å²) in [6.45, 7) is 0.531. The van der Waals surface area contributed by atoms with E-state index in [-0.39, 0.29) is 6.04 Å². The van der Waals surface area contributed by atoms with Crippen molar-refractivity contribution in [3.8, 4) is 0 Å². The van der Waals surface area contributed by atoms with E-state index in [0.29, 0.717) is 6.54 Å². The van der Waals surface area contributed by atoms with E-state index in [1.165, 1.54) is 11.3 Å². The summed E-state index contributed by atoms with van der Waals surface area (Å²) in [5.74, 6) is 0. The van der Waals surface area contributed by atoms with Gasteiger partial charge in [-0.05, 0) is 5.56 Å². The summed E-state index contributed by atoms with van der Waals surface area (Å²) in [5, 5.41) is 11.7. The monoisotopic (exact) mass is 220 g/mol. The van der Waals surface area contributed by atoms with Crippen LogP contribution in [0.5, 0.6) is 0 Å². The Labute approximate surface area is 92.2 Å². The first-order chi connectivity index (χ1) is 7.40. The lowest BCUT2D eigenvalue weighted by atomic mass is 10.1. The zero-order valence-electron chi connectivity index (χ0n) is 8.13. The lowest BCUT2D eigenvalue weighted by Gasteiger charge is -2.15. The first kappa shape index (κ1) is 10.1. The Morgan fingerprint density at radius 2 is 2.13 bits per heavy atom. The molecule has 4 nitrogen and oxygen atoms in total. The van der Waals surface area contributed by atoms with Crippen LogP contribution in [0.4, 0.5) is 5.13 Å². The molecule has 0 bridgehead atoms. The maximum Gasteiger partial charge on any atom is 0.205 e. The summed E-state index contributed by atoms with van der Waals surface area (Å²) in [6, 6.07) is 10.2. The van der Waals surface area contributed by atoms with Gasteiger partial charge in [0.2, 0.25) is 5.13 Å². The Kier molecular flexibility index (Phi) is 3.26. The average molecular weight is 220 g/mol. The van der Waals surface area contributed by atoms with Crippen LogP contribution < -0.4 is 11.1 Å². The molecule has 0 radical (unpaired) electrons. The molecule has 1 aromatic carbocycles. The topological polar surface area (TPSA) is 63.8 Å². The third kappa shape index (κ3) is 2.51. The Hall–Kier alpha value is -1.46. The molecule has 5 heteroatoms. The Morgan fingerprint density at radius 1 is 1.33 bits per heavy atom. The molecule has 2 rings (SSSR count). The molecular formula is C10H12N4S. The summed E-state index contributed by atoms with van der Waals surface area (Å²) in [6.07, 6.45) is 0. The van der Waals surface area contributed by atoms with Crippen LogP contribution in [0.1, 0.15) is 11.6 Å². The second-order valence-corrected chi connectivity index (χ2v) is 3.92. The molecule has 1 unspecified atom stereocenters. The maximum atomic E-state index is 5.72. The lowest BCUT2D eigenvalue weighted by molar-refractivity contribution is 0.785. The summed E-state index contributed by atoms with van der Waals surface area (Å²) in [7, 11) is 0. The number of anilines is 1. The molecule has 0 aliphatic heterocycles. The van der Waals surface area contributed by atoms with Crippen LogP contribution in [0, 0.1) is 0 Å². The summed E-state index contributed by atoms with van der Waals surface area (Å²) >= 11 is 1.47. The van der Waals surface area contributed by atoms with Gasteiger partial charge in [0.25, 0.3) is 0 Å². The van der Waals surface area contributed by atoms with Gasteiger partial charge in [-0.1, -0.05) is 41.7 Å². The van der Waals surface area contributed by atoms with Gasteiger partial charge >= 0.3 is 0 Å². The van der Waals surface area contributed by atoms with E-state index < -0.39 is 0 Å². The molecule has 2 aromatic rings. The fraction of sp³-hybridized carbons (Fsp3) is 0.200. The molecule has 1 aromatic heterocycles. The van der Waals surface area contributed by atoms with Crippen molar-refractivity contribution >= 4 is 16.5 Å². The van der Waals surface area contributed by atoms with Crippen LogP contribution in [0.3, 0.4) is 0 Å². The predicted octanol–water partition coefficient (Wildman–Crippen LogP) is 1.65.